The van der Waals surface area contributed by atoms with Crippen LogP contribution in [-0.4, -0.2) is 13.6 Å². The molecule has 0 N–H and O–H groups in total. The van der Waals surface area contributed by atoms with Crippen LogP contribution in [0.15, 0.2) is 24.3 Å². The molecule has 0 radical (unpaired) electrons. The maximum absolute atomic E-state index is 8.00. The van der Waals surface area contributed by atoms with Crippen LogP contribution in [0.5, 0.6) is 0 Å². The van der Waals surface area contributed by atoms with E-state index in [4.69, 9.17) is 9.59 Å². The lowest BCUT2D eigenvalue weighted by Gasteiger charge is -1.90. The molecular weight excluding hydrogens is 176 g/mol. The maximum atomic E-state index is 8.00. The molecule has 0 spiro atoms. The Morgan fingerprint density at radius 2 is 0.857 bits per heavy atom. The molecule has 0 saturated heterocycles. The van der Waals surface area contributed by atoms with Gasteiger partial charge in [-0.2, -0.15) is 0 Å². The zero-order chi connectivity index (χ0) is 12.0. The summed E-state index contributed by atoms with van der Waals surface area (Å²) in [5.41, 5.74) is 2.66. The Morgan fingerprint density at radius 1 is 0.714 bits per heavy atom. The Kier molecular flexibility index (Phi) is 23.1. The van der Waals surface area contributed by atoms with E-state index in [1.165, 1.54) is 11.1 Å². The molecule has 0 aliphatic heterocycles. The molecule has 1 rings (SSSR count). The molecule has 0 saturated carbocycles. The van der Waals surface area contributed by atoms with Crippen LogP contribution in [0.4, 0.5) is 0 Å². The van der Waals surface area contributed by atoms with Gasteiger partial charge in [-0.25, -0.2) is 0 Å². The van der Waals surface area contributed by atoms with Gasteiger partial charge in [0.25, 0.3) is 0 Å². The molecule has 0 aromatic heterocycles. The van der Waals surface area contributed by atoms with E-state index in [0.29, 0.717) is 0 Å². The fourth-order valence-electron chi connectivity index (χ4n) is 0.637. The van der Waals surface area contributed by atoms with Crippen LogP contribution in [0, 0.1) is 13.8 Å². The van der Waals surface area contributed by atoms with Crippen LogP contribution in [0.3, 0.4) is 0 Å². The van der Waals surface area contributed by atoms with E-state index in [0.717, 1.165) is 0 Å². The second kappa shape index (κ2) is 17.6. The van der Waals surface area contributed by atoms with E-state index in [1.807, 2.05) is 27.4 Å². The molecule has 0 aliphatic rings. The summed E-state index contributed by atoms with van der Waals surface area (Å²) in [6.45, 7) is 12.2. The Labute approximate surface area is 87.0 Å². The molecule has 1 aromatic carbocycles. The molecule has 1 aromatic rings. The van der Waals surface area contributed by atoms with Crippen molar-refractivity contribution in [2.45, 2.75) is 27.7 Å². The van der Waals surface area contributed by atoms with Crippen molar-refractivity contribution in [3.63, 3.8) is 0 Å². The minimum Gasteiger partial charge on any atom is -0.307 e. The van der Waals surface area contributed by atoms with E-state index in [-0.39, 0.29) is 0 Å². The normalized spacial score (nSPS) is 6.29. The zero-order valence-electron chi connectivity index (χ0n) is 9.54. The lowest BCUT2D eigenvalue weighted by molar-refractivity contribution is -0.0987. The lowest BCUT2D eigenvalue weighted by atomic mass is 10.2. The average molecular weight is 196 g/mol. The maximum Gasteiger partial charge on any atom is 0.106 e. The van der Waals surface area contributed by atoms with E-state index in [1.54, 1.807) is 0 Å². The highest BCUT2D eigenvalue weighted by Crippen LogP contribution is 1.99. The van der Waals surface area contributed by atoms with Gasteiger partial charge in [-0.3, -0.25) is 0 Å². The summed E-state index contributed by atoms with van der Waals surface area (Å²) in [6.07, 6.45) is 0. The molecule has 80 valence electrons. The molecule has 0 amide bonds. The first kappa shape index (κ1) is 18.4. The van der Waals surface area contributed by atoms with Crippen molar-refractivity contribution in [2.75, 3.05) is 0 Å². The zero-order valence-corrected chi connectivity index (χ0v) is 9.54. The predicted molar refractivity (Wildman–Crippen MR) is 61.5 cm³/mol. The van der Waals surface area contributed by atoms with Crippen molar-refractivity contribution in [3.05, 3.63) is 35.4 Å². The smallest absolute Gasteiger partial charge is 0.106 e. The molecular formula is C12H20O2. The summed E-state index contributed by atoms with van der Waals surface area (Å²) < 4.78 is 0. The van der Waals surface area contributed by atoms with Crippen LogP contribution in [0.1, 0.15) is 25.0 Å². The first-order chi connectivity index (χ1) is 6.79. The molecule has 0 fully saturated rings. The van der Waals surface area contributed by atoms with Crippen molar-refractivity contribution in [3.8, 4) is 0 Å². The van der Waals surface area contributed by atoms with Gasteiger partial charge in [0.15, 0.2) is 0 Å². The SMILES string of the molecule is C=O.C=O.CC.Cc1ccc(C)cc1. The fourth-order valence-corrected chi connectivity index (χ4v) is 0.637. The van der Waals surface area contributed by atoms with Gasteiger partial charge in [-0.05, 0) is 13.8 Å². The summed E-state index contributed by atoms with van der Waals surface area (Å²) in [4.78, 5) is 16.0. The summed E-state index contributed by atoms with van der Waals surface area (Å²) in [6, 6.07) is 8.48. The molecule has 0 heterocycles. The molecule has 0 aliphatic carbocycles. The summed E-state index contributed by atoms with van der Waals surface area (Å²) in [5, 5.41) is 0. The topological polar surface area (TPSA) is 34.1 Å². The Morgan fingerprint density at radius 3 is 1.00 bits per heavy atom. The van der Waals surface area contributed by atoms with Gasteiger partial charge in [0.2, 0.25) is 0 Å². The van der Waals surface area contributed by atoms with Gasteiger partial charge in [0.1, 0.15) is 13.6 Å². The second-order valence-electron chi connectivity index (χ2n) is 2.15. The van der Waals surface area contributed by atoms with Gasteiger partial charge in [-0.1, -0.05) is 49.2 Å². The minimum atomic E-state index is 1.33. The molecule has 2 heteroatoms. The Balaban J connectivity index is -0.000000174. The highest BCUT2D eigenvalue weighted by molar-refractivity contribution is 5.19. The van der Waals surface area contributed by atoms with Crippen molar-refractivity contribution in [2.24, 2.45) is 0 Å². The van der Waals surface area contributed by atoms with E-state index >= 15 is 0 Å². The molecule has 0 bridgehead atoms. The third kappa shape index (κ3) is 13.2. The van der Waals surface area contributed by atoms with Gasteiger partial charge >= 0.3 is 0 Å². The van der Waals surface area contributed by atoms with Gasteiger partial charge in [0, 0.05) is 0 Å². The van der Waals surface area contributed by atoms with Crippen LogP contribution < -0.4 is 0 Å². The van der Waals surface area contributed by atoms with E-state index in [9.17, 15) is 0 Å². The van der Waals surface area contributed by atoms with Gasteiger partial charge < -0.3 is 9.59 Å². The molecule has 2 nitrogen and oxygen atoms in total. The number of hydrogen-bond donors (Lipinski definition) is 0. The minimum absolute atomic E-state index is 1.33. The predicted octanol–water partition coefficient (Wildman–Crippen LogP) is 2.96. The van der Waals surface area contributed by atoms with E-state index in [2.05, 4.69) is 38.1 Å². The second-order valence-corrected chi connectivity index (χ2v) is 2.15. The molecule has 14 heavy (non-hydrogen) atoms. The van der Waals surface area contributed by atoms with Crippen LogP contribution in [-0.2, 0) is 9.59 Å². The molecule has 0 atom stereocenters. The van der Waals surface area contributed by atoms with Crippen LogP contribution in [0.25, 0.3) is 0 Å². The van der Waals surface area contributed by atoms with Crippen LogP contribution in [0.2, 0.25) is 0 Å². The number of carbonyl (C=O) groups excluding carboxylic acids is 2. The first-order valence-electron chi connectivity index (χ1n) is 4.40. The van der Waals surface area contributed by atoms with Crippen molar-refractivity contribution in [1.29, 1.82) is 0 Å². The average Bonchev–Trinajstić information content (AvgIpc) is 2.31. The summed E-state index contributed by atoms with van der Waals surface area (Å²) in [5.74, 6) is 0. The third-order valence-electron chi connectivity index (χ3n) is 1.22. The van der Waals surface area contributed by atoms with Gasteiger partial charge in [-0.15, -0.1) is 0 Å². The van der Waals surface area contributed by atoms with E-state index < -0.39 is 0 Å². The number of benzene rings is 1. The monoisotopic (exact) mass is 196 g/mol. The highest BCUT2D eigenvalue weighted by Gasteiger charge is 1.79. The standard InChI is InChI=1S/C8H10.C2H6.2CH2O/c1-7-3-5-8(2)6-4-7;3*1-2/h3-6H,1-2H3;1-2H3;2*1H2. The lowest BCUT2D eigenvalue weighted by Crippen LogP contribution is -1.70. The van der Waals surface area contributed by atoms with Crippen molar-refractivity contribution in [1.82, 2.24) is 0 Å². The summed E-state index contributed by atoms with van der Waals surface area (Å²) >= 11 is 0. The van der Waals surface area contributed by atoms with Crippen molar-refractivity contribution < 1.29 is 9.59 Å². The Bertz CT molecular complexity index is 169. The highest BCUT2D eigenvalue weighted by atomic mass is 16.1. The Hall–Kier alpha value is -1.44. The number of carbonyl (C=O) groups is 2. The summed E-state index contributed by atoms with van der Waals surface area (Å²) in [7, 11) is 0. The number of rotatable bonds is 0. The third-order valence-corrected chi connectivity index (χ3v) is 1.22. The van der Waals surface area contributed by atoms with Gasteiger partial charge in [0.05, 0.1) is 0 Å². The molecule has 0 unspecified atom stereocenters. The number of hydrogen-bond acceptors (Lipinski definition) is 2. The largest absolute Gasteiger partial charge is 0.307 e. The fraction of sp³-hybridized carbons (Fsp3) is 0.333. The number of aryl methyl sites for hydroxylation is 2. The van der Waals surface area contributed by atoms with Crippen LogP contribution >= 0.6 is 0 Å². The quantitative estimate of drug-likeness (QED) is 0.639. The van der Waals surface area contributed by atoms with Crippen molar-refractivity contribution >= 4 is 13.6 Å². The first-order valence-corrected chi connectivity index (χ1v) is 4.40.